The Hall–Kier alpha value is -2.82. The Bertz CT molecular complexity index is 1150. The Kier molecular flexibility index (Phi) is 8.15. The molecule has 0 aromatic heterocycles. The molecule has 0 aliphatic heterocycles. The second-order valence-corrected chi connectivity index (χ2v) is 9.51. The van der Waals surface area contributed by atoms with Crippen molar-refractivity contribution in [1.29, 1.82) is 0 Å². The molecule has 4 rings (SSSR count). The highest BCUT2D eigenvalue weighted by molar-refractivity contribution is 5.65. The molecule has 186 valence electrons. The van der Waals surface area contributed by atoms with Crippen molar-refractivity contribution in [3.8, 4) is 16.9 Å². The van der Waals surface area contributed by atoms with E-state index < -0.39 is 23.3 Å². The minimum atomic E-state index is -0.938. The van der Waals surface area contributed by atoms with Crippen LogP contribution in [0.4, 0.5) is 17.6 Å². The standard InChI is InChI=1S/C30H32F4O/c1-3-5-23-14-17-26(30(34)27(23)31)35-18-20-8-12-22(13-9-20)25-16-15-24(28(32)29(25)33)21-10-6-19(4-2)7-11-21/h6-7,10-11,14-17,20,22H,3-5,8-9,12-13,18H2,1-2H3. The Morgan fingerprint density at radius 2 is 1.46 bits per heavy atom. The predicted octanol–water partition coefficient (Wildman–Crippen LogP) is 8.78. The molecule has 5 heteroatoms. The summed E-state index contributed by atoms with van der Waals surface area (Å²) in [6.07, 6.45) is 5.01. The largest absolute Gasteiger partial charge is 0.490 e. The molecule has 3 aromatic rings. The lowest BCUT2D eigenvalue weighted by molar-refractivity contribution is 0.191. The zero-order valence-electron chi connectivity index (χ0n) is 20.4. The molecule has 0 heterocycles. The maximum Gasteiger partial charge on any atom is 0.200 e. The highest BCUT2D eigenvalue weighted by atomic mass is 19.2. The molecule has 0 unspecified atom stereocenters. The predicted molar refractivity (Wildman–Crippen MR) is 132 cm³/mol. The van der Waals surface area contributed by atoms with Crippen molar-refractivity contribution in [1.82, 2.24) is 0 Å². The summed E-state index contributed by atoms with van der Waals surface area (Å²) >= 11 is 0. The first kappa shape index (κ1) is 25.3. The van der Waals surface area contributed by atoms with Gasteiger partial charge in [-0.3, -0.25) is 0 Å². The van der Waals surface area contributed by atoms with Gasteiger partial charge in [0.25, 0.3) is 0 Å². The maximum atomic E-state index is 15.0. The lowest BCUT2D eigenvalue weighted by Gasteiger charge is -2.29. The smallest absolute Gasteiger partial charge is 0.200 e. The Labute approximate surface area is 205 Å². The molecule has 0 spiro atoms. The summed E-state index contributed by atoms with van der Waals surface area (Å²) in [4.78, 5) is 0. The van der Waals surface area contributed by atoms with Crippen molar-refractivity contribution in [2.24, 2.45) is 5.92 Å². The molecule has 1 aliphatic rings. The zero-order valence-corrected chi connectivity index (χ0v) is 20.4. The van der Waals surface area contributed by atoms with Gasteiger partial charge in [0.2, 0.25) is 5.82 Å². The SMILES string of the molecule is CCCc1ccc(OCC2CCC(c3ccc(-c4ccc(CC)cc4)c(F)c3F)CC2)c(F)c1F. The van der Waals surface area contributed by atoms with Crippen LogP contribution in [0.15, 0.2) is 48.5 Å². The maximum absolute atomic E-state index is 15.0. The van der Waals surface area contributed by atoms with Gasteiger partial charge in [0.05, 0.1) is 6.61 Å². The van der Waals surface area contributed by atoms with Gasteiger partial charge in [-0.05, 0) is 78.7 Å². The third kappa shape index (κ3) is 5.55. The summed E-state index contributed by atoms with van der Waals surface area (Å²) in [5, 5.41) is 0. The van der Waals surface area contributed by atoms with Crippen molar-refractivity contribution >= 4 is 0 Å². The molecule has 0 radical (unpaired) electrons. The fourth-order valence-corrected chi connectivity index (χ4v) is 5.02. The Morgan fingerprint density at radius 3 is 2.11 bits per heavy atom. The second kappa shape index (κ2) is 11.3. The van der Waals surface area contributed by atoms with Crippen LogP contribution in [0.1, 0.15) is 68.6 Å². The molecule has 1 aliphatic carbocycles. The molecule has 1 fully saturated rings. The van der Waals surface area contributed by atoms with Crippen molar-refractivity contribution < 1.29 is 22.3 Å². The zero-order chi connectivity index (χ0) is 24.9. The number of hydrogen-bond donors (Lipinski definition) is 0. The molecule has 0 N–H and O–H groups in total. The summed E-state index contributed by atoms with van der Waals surface area (Å²) in [6, 6.07) is 14.0. The average molecular weight is 485 g/mol. The third-order valence-corrected chi connectivity index (χ3v) is 7.19. The van der Waals surface area contributed by atoms with Gasteiger partial charge in [-0.1, -0.05) is 62.7 Å². The Balaban J connectivity index is 1.37. The van der Waals surface area contributed by atoms with Crippen LogP contribution in [-0.2, 0) is 12.8 Å². The molecule has 0 bridgehead atoms. The molecule has 0 saturated heterocycles. The van der Waals surface area contributed by atoms with Crippen molar-refractivity contribution in [2.75, 3.05) is 6.61 Å². The molecule has 1 saturated carbocycles. The monoisotopic (exact) mass is 484 g/mol. The molecule has 35 heavy (non-hydrogen) atoms. The number of ether oxygens (including phenoxy) is 1. The van der Waals surface area contributed by atoms with E-state index in [0.717, 1.165) is 31.2 Å². The van der Waals surface area contributed by atoms with Gasteiger partial charge in [0, 0.05) is 5.56 Å². The van der Waals surface area contributed by atoms with E-state index in [1.807, 2.05) is 38.1 Å². The highest BCUT2D eigenvalue weighted by Crippen LogP contribution is 2.39. The van der Waals surface area contributed by atoms with Crippen LogP contribution in [0, 0.1) is 29.2 Å². The van der Waals surface area contributed by atoms with Gasteiger partial charge < -0.3 is 4.74 Å². The molecular weight excluding hydrogens is 452 g/mol. The van der Waals surface area contributed by atoms with E-state index in [9.17, 15) is 13.2 Å². The van der Waals surface area contributed by atoms with Gasteiger partial charge in [-0.2, -0.15) is 4.39 Å². The number of benzene rings is 3. The average Bonchev–Trinajstić information content (AvgIpc) is 2.88. The van der Waals surface area contributed by atoms with Crippen LogP contribution in [0.3, 0.4) is 0 Å². The molecular formula is C30H32F4O. The van der Waals surface area contributed by atoms with Crippen molar-refractivity contribution in [2.45, 2.75) is 64.7 Å². The van der Waals surface area contributed by atoms with E-state index in [1.165, 1.54) is 6.07 Å². The van der Waals surface area contributed by atoms with Crippen molar-refractivity contribution in [3.05, 3.63) is 88.5 Å². The van der Waals surface area contributed by atoms with Crippen LogP contribution < -0.4 is 4.74 Å². The van der Waals surface area contributed by atoms with Crippen LogP contribution in [0.25, 0.3) is 11.1 Å². The first-order valence-electron chi connectivity index (χ1n) is 12.6. The lowest BCUT2D eigenvalue weighted by atomic mass is 9.78. The van der Waals surface area contributed by atoms with Gasteiger partial charge >= 0.3 is 0 Å². The lowest BCUT2D eigenvalue weighted by Crippen LogP contribution is -2.20. The summed E-state index contributed by atoms with van der Waals surface area (Å²) in [7, 11) is 0. The van der Waals surface area contributed by atoms with Gasteiger partial charge in [0.15, 0.2) is 23.2 Å². The van der Waals surface area contributed by atoms with E-state index in [0.29, 0.717) is 36.0 Å². The van der Waals surface area contributed by atoms with E-state index in [4.69, 9.17) is 4.74 Å². The topological polar surface area (TPSA) is 9.23 Å². The fraction of sp³-hybridized carbons (Fsp3) is 0.400. The van der Waals surface area contributed by atoms with Crippen molar-refractivity contribution in [3.63, 3.8) is 0 Å². The van der Waals surface area contributed by atoms with E-state index in [-0.39, 0.29) is 29.8 Å². The highest BCUT2D eigenvalue weighted by Gasteiger charge is 2.27. The second-order valence-electron chi connectivity index (χ2n) is 9.51. The summed E-state index contributed by atoms with van der Waals surface area (Å²) in [5.41, 5.74) is 2.85. The fourth-order valence-electron chi connectivity index (χ4n) is 5.02. The molecule has 3 aromatic carbocycles. The van der Waals surface area contributed by atoms with Crippen LogP contribution in [-0.4, -0.2) is 6.61 Å². The number of hydrogen-bond acceptors (Lipinski definition) is 1. The van der Waals surface area contributed by atoms with Crippen LogP contribution in [0.5, 0.6) is 5.75 Å². The third-order valence-electron chi connectivity index (χ3n) is 7.19. The normalized spacial score (nSPS) is 18.0. The quantitative estimate of drug-likeness (QED) is 0.290. The molecule has 1 nitrogen and oxygen atoms in total. The number of aryl methyl sites for hydroxylation is 2. The Morgan fingerprint density at radius 1 is 0.743 bits per heavy atom. The number of halogens is 4. The summed E-state index contributed by atoms with van der Waals surface area (Å²) in [5.74, 6) is -3.33. The van der Waals surface area contributed by atoms with Crippen LogP contribution in [0.2, 0.25) is 0 Å². The minimum Gasteiger partial charge on any atom is -0.490 e. The minimum absolute atomic E-state index is 0.0693. The number of rotatable bonds is 8. The van der Waals surface area contributed by atoms with Crippen LogP contribution >= 0.6 is 0 Å². The van der Waals surface area contributed by atoms with E-state index in [2.05, 4.69) is 0 Å². The van der Waals surface area contributed by atoms with E-state index >= 15 is 4.39 Å². The van der Waals surface area contributed by atoms with E-state index in [1.54, 1.807) is 18.2 Å². The van der Waals surface area contributed by atoms with Gasteiger partial charge in [0.1, 0.15) is 0 Å². The molecule has 0 atom stereocenters. The first-order chi connectivity index (χ1) is 16.9. The summed E-state index contributed by atoms with van der Waals surface area (Å²) in [6.45, 7) is 4.24. The van der Waals surface area contributed by atoms with Gasteiger partial charge in [-0.15, -0.1) is 0 Å². The first-order valence-corrected chi connectivity index (χ1v) is 12.6. The molecule has 0 amide bonds. The summed E-state index contributed by atoms with van der Waals surface area (Å²) < 4.78 is 64.1. The van der Waals surface area contributed by atoms with Gasteiger partial charge in [-0.25, -0.2) is 13.2 Å².